The Morgan fingerprint density at radius 3 is 2.38 bits per heavy atom. The largest absolute Gasteiger partial charge is 0.494 e. The highest BCUT2D eigenvalue weighted by Crippen LogP contribution is 2.20. The van der Waals surface area contributed by atoms with Gasteiger partial charge in [0.15, 0.2) is 0 Å². The molecule has 0 saturated heterocycles. The Morgan fingerprint density at radius 2 is 1.88 bits per heavy atom. The molecular formula is C13H21NO2. The van der Waals surface area contributed by atoms with E-state index in [4.69, 9.17) is 9.84 Å². The molecule has 0 fully saturated rings. The number of hydrogen-bond donors (Lipinski definition) is 2. The van der Waals surface area contributed by atoms with Gasteiger partial charge in [0.2, 0.25) is 0 Å². The monoisotopic (exact) mass is 223 g/mol. The second-order valence-electron chi connectivity index (χ2n) is 4.44. The van der Waals surface area contributed by atoms with E-state index in [0.29, 0.717) is 6.61 Å². The van der Waals surface area contributed by atoms with Gasteiger partial charge in [-0.15, -0.1) is 0 Å². The maximum absolute atomic E-state index is 8.93. The third-order valence-electron chi connectivity index (χ3n) is 2.38. The van der Waals surface area contributed by atoms with E-state index in [1.54, 1.807) is 0 Å². The lowest BCUT2D eigenvalue weighted by molar-refractivity contribution is 0.261. The first-order valence-corrected chi connectivity index (χ1v) is 5.69. The number of ether oxygens (including phenoxy) is 1. The Hall–Kier alpha value is -1.22. The second-order valence-corrected chi connectivity index (χ2v) is 4.44. The molecule has 0 aromatic heterocycles. The van der Waals surface area contributed by atoms with Crippen LogP contribution in [0, 0.1) is 0 Å². The van der Waals surface area contributed by atoms with Crippen LogP contribution >= 0.6 is 0 Å². The zero-order valence-electron chi connectivity index (χ0n) is 10.3. The zero-order chi connectivity index (χ0) is 12.0. The lowest BCUT2D eigenvalue weighted by Crippen LogP contribution is -2.31. The summed E-state index contributed by atoms with van der Waals surface area (Å²) in [6, 6.07) is 7.87. The van der Waals surface area contributed by atoms with E-state index in [0.717, 1.165) is 17.9 Å². The van der Waals surface area contributed by atoms with Crippen LogP contribution in [0.15, 0.2) is 24.3 Å². The quantitative estimate of drug-likeness (QED) is 0.779. The van der Waals surface area contributed by atoms with E-state index >= 15 is 0 Å². The highest BCUT2D eigenvalue weighted by Gasteiger charge is 2.16. The normalized spacial score (nSPS) is 11.2. The fourth-order valence-corrected chi connectivity index (χ4v) is 1.53. The van der Waals surface area contributed by atoms with Crippen LogP contribution in [0.2, 0.25) is 0 Å². The molecule has 3 nitrogen and oxygen atoms in total. The van der Waals surface area contributed by atoms with Gasteiger partial charge in [0.1, 0.15) is 5.75 Å². The van der Waals surface area contributed by atoms with Gasteiger partial charge in [0.05, 0.1) is 6.61 Å². The summed E-state index contributed by atoms with van der Waals surface area (Å²) in [4.78, 5) is 0. The van der Waals surface area contributed by atoms with Gasteiger partial charge in [-0.25, -0.2) is 0 Å². The van der Waals surface area contributed by atoms with E-state index < -0.39 is 0 Å². The summed E-state index contributed by atoms with van der Waals surface area (Å²) in [5.41, 5.74) is 0.948. The molecule has 0 spiro atoms. The van der Waals surface area contributed by atoms with Crippen molar-refractivity contribution < 1.29 is 9.84 Å². The molecule has 0 aliphatic rings. The summed E-state index contributed by atoms with van der Waals surface area (Å²) in [7, 11) is 0. The average molecular weight is 223 g/mol. The summed E-state index contributed by atoms with van der Waals surface area (Å²) in [6.45, 7) is 6.98. The predicted molar refractivity (Wildman–Crippen MR) is 67.0 cm³/mol. The van der Waals surface area contributed by atoms with Crippen LogP contribution in [0.4, 0.5) is 5.69 Å². The summed E-state index contributed by atoms with van der Waals surface area (Å²) < 4.78 is 5.37. The minimum absolute atomic E-state index is 0.0954. The van der Waals surface area contributed by atoms with E-state index in [9.17, 15) is 0 Å². The fraction of sp³-hybridized carbons (Fsp3) is 0.538. The van der Waals surface area contributed by atoms with Gasteiger partial charge in [-0.1, -0.05) is 0 Å². The van der Waals surface area contributed by atoms with Gasteiger partial charge in [0.25, 0.3) is 0 Å². The molecule has 1 rings (SSSR count). The van der Waals surface area contributed by atoms with Crippen molar-refractivity contribution in [1.82, 2.24) is 0 Å². The minimum atomic E-state index is -0.0954. The van der Waals surface area contributed by atoms with Crippen molar-refractivity contribution in [3.63, 3.8) is 0 Å². The van der Waals surface area contributed by atoms with E-state index in [-0.39, 0.29) is 12.1 Å². The van der Waals surface area contributed by atoms with Gasteiger partial charge in [-0.05, 0) is 51.5 Å². The van der Waals surface area contributed by atoms with Crippen molar-refractivity contribution >= 4 is 5.69 Å². The van der Waals surface area contributed by atoms with Gasteiger partial charge >= 0.3 is 0 Å². The van der Waals surface area contributed by atoms with Crippen molar-refractivity contribution in [3.05, 3.63) is 24.3 Å². The molecule has 2 N–H and O–H groups in total. The molecule has 0 bridgehead atoms. The zero-order valence-corrected chi connectivity index (χ0v) is 10.3. The second kappa shape index (κ2) is 5.75. The Kier molecular flexibility index (Phi) is 4.62. The Balaban J connectivity index is 2.61. The minimum Gasteiger partial charge on any atom is -0.494 e. The molecular weight excluding hydrogens is 202 g/mol. The lowest BCUT2D eigenvalue weighted by atomic mass is 10.0. The van der Waals surface area contributed by atoms with Gasteiger partial charge in [-0.2, -0.15) is 0 Å². The standard InChI is InChI=1S/C13H21NO2/c1-4-16-12-7-5-11(6-8-12)14-13(2,3)9-10-15/h5-8,14-15H,4,9-10H2,1-3H3. The van der Waals surface area contributed by atoms with E-state index in [2.05, 4.69) is 19.2 Å². The number of aliphatic hydroxyl groups is 1. The Bertz CT molecular complexity index is 306. The summed E-state index contributed by atoms with van der Waals surface area (Å²) in [5.74, 6) is 0.882. The van der Waals surface area contributed by atoms with Gasteiger partial charge in [-0.3, -0.25) is 0 Å². The highest BCUT2D eigenvalue weighted by molar-refractivity contribution is 5.48. The lowest BCUT2D eigenvalue weighted by Gasteiger charge is -2.26. The van der Waals surface area contributed by atoms with E-state index in [1.165, 1.54) is 0 Å². The smallest absolute Gasteiger partial charge is 0.119 e. The molecule has 0 amide bonds. The number of rotatable bonds is 6. The molecule has 90 valence electrons. The molecule has 3 heteroatoms. The fourth-order valence-electron chi connectivity index (χ4n) is 1.53. The SMILES string of the molecule is CCOc1ccc(NC(C)(C)CCO)cc1. The van der Waals surface area contributed by atoms with Crippen LogP contribution in [0.1, 0.15) is 27.2 Å². The molecule has 0 atom stereocenters. The van der Waals surface area contributed by atoms with Crippen molar-refractivity contribution in [2.24, 2.45) is 0 Å². The predicted octanol–water partition coefficient (Wildman–Crippen LogP) is 2.66. The molecule has 0 heterocycles. The van der Waals surface area contributed by atoms with Crippen LogP contribution in [0.25, 0.3) is 0 Å². The Labute approximate surface area is 97.4 Å². The van der Waals surface area contributed by atoms with Gasteiger partial charge in [0, 0.05) is 17.8 Å². The topological polar surface area (TPSA) is 41.5 Å². The molecule has 1 aromatic rings. The summed E-state index contributed by atoms with van der Waals surface area (Å²) in [6.07, 6.45) is 0.722. The third-order valence-corrected chi connectivity index (χ3v) is 2.38. The van der Waals surface area contributed by atoms with Gasteiger partial charge < -0.3 is 15.2 Å². The maximum atomic E-state index is 8.93. The molecule has 16 heavy (non-hydrogen) atoms. The van der Waals surface area contributed by atoms with Crippen molar-refractivity contribution in [2.75, 3.05) is 18.5 Å². The van der Waals surface area contributed by atoms with Crippen LogP contribution in [-0.2, 0) is 0 Å². The number of benzene rings is 1. The molecule has 1 aromatic carbocycles. The number of hydrogen-bond acceptors (Lipinski definition) is 3. The highest BCUT2D eigenvalue weighted by atomic mass is 16.5. The summed E-state index contributed by atoms with van der Waals surface area (Å²) >= 11 is 0. The Morgan fingerprint density at radius 1 is 1.25 bits per heavy atom. The van der Waals surface area contributed by atoms with Crippen LogP contribution in [0.3, 0.4) is 0 Å². The van der Waals surface area contributed by atoms with Crippen LogP contribution in [0.5, 0.6) is 5.75 Å². The molecule has 0 aliphatic heterocycles. The number of aliphatic hydroxyl groups excluding tert-OH is 1. The summed E-state index contributed by atoms with van der Waals surface area (Å²) in [5, 5.41) is 12.3. The van der Waals surface area contributed by atoms with Crippen molar-refractivity contribution in [2.45, 2.75) is 32.7 Å². The van der Waals surface area contributed by atoms with E-state index in [1.807, 2.05) is 31.2 Å². The third kappa shape index (κ3) is 4.11. The first kappa shape index (κ1) is 12.8. The maximum Gasteiger partial charge on any atom is 0.119 e. The number of nitrogens with one attached hydrogen (secondary N) is 1. The first-order chi connectivity index (χ1) is 7.57. The molecule has 0 unspecified atom stereocenters. The number of anilines is 1. The van der Waals surface area contributed by atoms with Crippen molar-refractivity contribution in [1.29, 1.82) is 0 Å². The molecule has 0 saturated carbocycles. The molecule has 0 aliphatic carbocycles. The first-order valence-electron chi connectivity index (χ1n) is 5.69. The van der Waals surface area contributed by atoms with Crippen LogP contribution in [-0.4, -0.2) is 23.9 Å². The van der Waals surface area contributed by atoms with Crippen LogP contribution < -0.4 is 10.1 Å². The molecule has 0 radical (unpaired) electrons. The van der Waals surface area contributed by atoms with Crippen molar-refractivity contribution in [3.8, 4) is 5.75 Å². The average Bonchev–Trinajstić information content (AvgIpc) is 2.21.